The van der Waals surface area contributed by atoms with Gasteiger partial charge in [-0.15, -0.1) is 0 Å². The number of benzene rings is 4. The maximum atomic E-state index is 13.6. The maximum Gasteiger partial charge on any atom is 0.246 e. The lowest BCUT2D eigenvalue weighted by Crippen LogP contribution is -2.49. The Morgan fingerprint density at radius 2 is 0.970 bits per heavy atom. The minimum absolute atomic E-state index is 0.0153. The molecule has 67 heavy (non-hydrogen) atoms. The molecule has 0 saturated carbocycles. The van der Waals surface area contributed by atoms with Crippen molar-refractivity contribution in [2.45, 2.75) is 50.3 Å². The molecule has 0 unspecified atom stereocenters. The Kier molecular flexibility index (Phi) is 15.3. The summed E-state index contributed by atoms with van der Waals surface area (Å²) in [5.74, 6) is 1.90. The highest BCUT2D eigenvalue weighted by Gasteiger charge is 2.29. The van der Waals surface area contributed by atoms with Crippen LogP contribution in [0.25, 0.3) is 34.4 Å². The highest BCUT2D eigenvalue weighted by molar-refractivity contribution is 7.99. The second-order valence-electron chi connectivity index (χ2n) is 16.1. The van der Waals surface area contributed by atoms with Crippen LogP contribution in [0.3, 0.4) is 0 Å². The van der Waals surface area contributed by atoms with Gasteiger partial charge in [-0.2, -0.15) is 9.78 Å². The normalized spacial score (nSPS) is 16.1. The molecular weight excluding hydrogens is 920 g/mol. The fourth-order valence-corrected chi connectivity index (χ4v) is 10.3. The summed E-state index contributed by atoms with van der Waals surface area (Å²) in [6, 6.07) is 15.1. The third kappa shape index (κ3) is 10.4. The van der Waals surface area contributed by atoms with E-state index in [0.29, 0.717) is 168 Å². The highest BCUT2D eigenvalue weighted by Crippen LogP contribution is 2.51. The van der Waals surface area contributed by atoms with Gasteiger partial charge in [0.15, 0.2) is 11.5 Å². The smallest absolute Gasteiger partial charge is 0.246 e. The van der Waals surface area contributed by atoms with E-state index in [9.17, 15) is 19.2 Å². The summed E-state index contributed by atoms with van der Waals surface area (Å²) in [5.41, 5.74) is 5.49. The molecule has 4 heterocycles. The van der Waals surface area contributed by atoms with E-state index in [1.165, 1.54) is 37.8 Å². The molecule has 0 bridgehead atoms. The van der Waals surface area contributed by atoms with Crippen molar-refractivity contribution in [3.63, 3.8) is 0 Å². The number of fused-ring (bicyclic) bond motifs is 2. The number of hydrogen-bond acceptors (Lipinski definition) is 11. The first-order chi connectivity index (χ1) is 32.5. The number of carbonyl (C=O) groups excluding carboxylic acids is 4. The van der Waals surface area contributed by atoms with Gasteiger partial charge in [-0.25, -0.2) is 0 Å². The molecule has 2 fully saturated rings. The van der Waals surface area contributed by atoms with Crippen LogP contribution in [0.5, 0.6) is 23.0 Å². The van der Waals surface area contributed by atoms with Crippen molar-refractivity contribution >= 4 is 70.7 Å². The van der Waals surface area contributed by atoms with Crippen molar-refractivity contribution in [1.82, 2.24) is 19.6 Å². The van der Waals surface area contributed by atoms with Crippen molar-refractivity contribution in [2.75, 3.05) is 78.8 Å². The Bertz CT molecular complexity index is 2450. The van der Waals surface area contributed by atoms with Gasteiger partial charge >= 0.3 is 0 Å². The van der Waals surface area contributed by atoms with Gasteiger partial charge in [-0.1, -0.05) is 47.1 Å². The summed E-state index contributed by atoms with van der Waals surface area (Å²) < 4.78 is 12.0. The quantitative estimate of drug-likeness (QED) is 0.100. The van der Waals surface area contributed by atoms with Crippen molar-refractivity contribution < 1.29 is 48.2 Å². The molecular formula is C50H52Cl2N4O10S. The molecule has 0 atom stereocenters. The number of nitrogens with zero attached hydrogens (tertiary/aromatic N) is 4. The number of carbonyl (C=O) groups is 4. The average Bonchev–Trinajstić information content (AvgIpc) is 3.34. The second kappa shape index (κ2) is 21.5. The highest BCUT2D eigenvalue weighted by atomic mass is 35.5. The Morgan fingerprint density at radius 1 is 0.582 bits per heavy atom. The summed E-state index contributed by atoms with van der Waals surface area (Å²) in [4.78, 5) is 82.0. The van der Waals surface area contributed by atoms with Gasteiger partial charge in [0.2, 0.25) is 23.6 Å². The van der Waals surface area contributed by atoms with Gasteiger partial charge in [0, 0.05) is 134 Å². The molecule has 17 heteroatoms. The molecule has 2 saturated heterocycles. The predicted octanol–water partition coefficient (Wildman–Crippen LogP) is 8.42. The zero-order valence-corrected chi connectivity index (χ0v) is 40.2. The van der Waals surface area contributed by atoms with E-state index in [4.69, 9.17) is 52.2 Å². The predicted molar refractivity (Wildman–Crippen MR) is 257 cm³/mol. The molecule has 14 nitrogen and oxygen atoms in total. The first kappa shape index (κ1) is 47.8. The number of amides is 4. The lowest BCUT2D eigenvalue weighted by molar-refractivity contribution is -0.214. The van der Waals surface area contributed by atoms with Crippen LogP contribution in [0.15, 0.2) is 70.5 Å². The minimum atomic E-state index is -0.186. The summed E-state index contributed by atoms with van der Waals surface area (Å²) in [6.45, 7) is 12.1. The number of rotatable bonds is 12. The van der Waals surface area contributed by atoms with Crippen molar-refractivity contribution in [1.29, 1.82) is 0 Å². The molecule has 4 aromatic carbocycles. The summed E-state index contributed by atoms with van der Waals surface area (Å²) in [5, 5.41) is 0.755. The zero-order chi connectivity index (χ0) is 47.2. The van der Waals surface area contributed by atoms with Gasteiger partial charge in [0.25, 0.3) is 0 Å². The SMILES string of the molecule is CCOc1ccc(-c2c(C=CC(=O)N3CCN(C(C)=O)CC3)ccc(Sc3ccc(C=CC(=O)N4CCN(C(C)=O)CC4)c(-c4ccc(OCC)c5c4OOCC5)c3Cl)c2Cl)c2c1CCOO2. The van der Waals surface area contributed by atoms with Crippen LogP contribution in [0, 0.1) is 0 Å². The number of hydrogen-bond donors (Lipinski definition) is 0. The van der Waals surface area contributed by atoms with Crippen molar-refractivity contribution in [3.05, 3.63) is 93.0 Å². The first-order valence-corrected chi connectivity index (χ1v) is 24.0. The Morgan fingerprint density at radius 3 is 1.34 bits per heavy atom. The molecule has 352 valence electrons. The van der Waals surface area contributed by atoms with E-state index in [0.717, 1.165) is 11.1 Å². The molecule has 0 N–H and O–H groups in total. The van der Waals surface area contributed by atoms with Crippen molar-refractivity contribution in [2.24, 2.45) is 0 Å². The van der Waals surface area contributed by atoms with E-state index in [-0.39, 0.29) is 23.6 Å². The summed E-state index contributed by atoms with van der Waals surface area (Å²) >= 11 is 16.4. The molecule has 4 aromatic rings. The van der Waals surface area contributed by atoms with Crippen LogP contribution in [-0.2, 0) is 41.8 Å². The molecule has 0 aromatic heterocycles. The number of halogens is 2. The molecule has 4 aliphatic heterocycles. The molecule has 0 aliphatic carbocycles. The van der Waals surface area contributed by atoms with Crippen LogP contribution < -0.4 is 19.2 Å². The van der Waals surface area contributed by atoms with E-state index < -0.39 is 0 Å². The molecule has 8 rings (SSSR count). The Balaban J connectivity index is 1.20. The summed E-state index contributed by atoms with van der Waals surface area (Å²) in [6.07, 6.45) is 7.64. The second-order valence-corrected chi connectivity index (χ2v) is 18.0. The average molecular weight is 972 g/mol. The van der Waals surface area contributed by atoms with Crippen LogP contribution in [-0.4, -0.2) is 122 Å². The fraction of sp³-hybridized carbons (Fsp3) is 0.360. The van der Waals surface area contributed by atoms with Gasteiger partial charge in [0.1, 0.15) is 11.5 Å². The third-order valence-electron chi connectivity index (χ3n) is 12.1. The van der Waals surface area contributed by atoms with Crippen LogP contribution in [0.4, 0.5) is 0 Å². The number of ether oxygens (including phenoxy) is 2. The molecule has 4 amide bonds. The standard InChI is InChI=1S/C50H52Cl2N4O10S/c1-5-61-39-13-11-37(49-35(39)19-29-63-65-49)45-33(9-17-43(59)55-25-21-53(22-26-55)31(3)57)7-15-41(47(45)51)67-42-16-8-34(10-18-44(60)56-27-23-54(24-28-56)32(4)58)46(48(42)52)38-12-14-40(62-6-2)36-20-30-64-66-50(36)38/h7-18H,5-6,19-30H2,1-4H3. The topological polar surface area (TPSA) is 137 Å². The minimum Gasteiger partial charge on any atom is -0.493 e. The van der Waals surface area contributed by atoms with Crippen LogP contribution >= 0.6 is 35.0 Å². The number of piperazine rings is 2. The van der Waals surface area contributed by atoms with Gasteiger partial charge in [-0.05, 0) is 73.5 Å². The zero-order valence-electron chi connectivity index (χ0n) is 37.9. The molecule has 0 spiro atoms. The molecule has 0 radical (unpaired) electrons. The Labute approximate surface area is 404 Å². The van der Waals surface area contributed by atoms with Gasteiger partial charge in [0.05, 0.1) is 36.5 Å². The first-order valence-electron chi connectivity index (χ1n) is 22.4. The van der Waals surface area contributed by atoms with Gasteiger partial charge < -0.3 is 38.8 Å². The van der Waals surface area contributed by atoms with E-state index >= 15 is 0 Å². The van der Waals surface area contributed by atoms with E-state index in [1.54, 1.807) is 31.8 Å². The van der Waals surface area contributed by atoms with Crippen LogP contribution in [0.1, 0.15) is 49.9 Å². The van der Waals surface area contributed by atoms with Crippen LogP contribution in [0.2, 0.25) is 10.0 Å². The lowest BCUT2D eigenvalue weighted by atomic mass is 9.94. The summed E-state index contributed by atoms with van der Waals surface area (Å²) in [7, 11) is 0. The molecule has 4 aliphatic rings. The fourth-order valence-electron chi connectivity index (χ4n) is 8.61. The Hall–Kier alpha value is -5.71. The largest absolute Gasteiger partial charge is 0.493 e. The maximum absolute atomic E-state index is 13.6. The van der Waals surface area contributed by atoms with E-state index in [1.807, 2.05) is 62.4 Å². The third-order valence-corrected chi connectivity index (χ3v) is 14.2. The lowest BCUT2D eigenvalue weighted by Gasteiger charge is -2.33. The van der Waals surface area contributed by atoms with Crippen molar-refractivity contribution in [3.8, 4) is 45.3 Å². The monoisotopic (exact) mass is 970 g/mol. The van der Waals surface area contributed by atoms with E-state index in [2.05, 4.69) is 0 Å². The van der Waals surface area contributed by atoms with Gasteiger partial charge in [-0.3, -0.25) is 19.2 Å².